The first-order valence-electron chi connectivity index (χ1n) is 14.0. The molecule has 2 unspecified atom stereocenters. The quantitative estimate of drug-likeness (QED) is 0.337. The minimum absolute atomic E-state index is 0.0802. The van der Waals surface area contributed by atoms with E-state index in [1.54, 1.807) is 0 Å². The molecule has 2 fully saturated rings. The summed E-state index contributed by atoms with van der Waals surface area (Å²) < 4.78 is 5.88. The van der Waals surface area contributed by atoms with E-state index in [4.69, 9.17) is 14.7 Å². The summed E-state index contributed by atoms with van der Waals surface area (Å²) in [5.74, 6) is 1.54. The van der Waals surface area contributed by atoms with Gasteiger partial charge in [0.25, 0.3) is 5.91 Å². The maximum Gasteiger partial charge on any atom is 0.251 e. The maximum absolute atomic E-state index is 12.9. The molecule has 1 N–H and O–H groups in total. The van der Waals surface area contributed by atoms with Gasteiger partial charge >= 0.3 is 0 Å². The van der Waals surface area contributed by atoms with Crippen LogP contribution in [0.4, 0.5) is 5.82 Å². The molecule has 1 saturated heterocycles. The molecule has 1 aliphatic heterocycles. The van der Waals surface area contributed by atoms with E-state index in [-0.39, 0.29) is 18.1 Å². The molecule has 3 aromatic heterocycles. The Balaban J connectivity index is 1.18. The van der Waals surface area contributed by atoms with Crippen molar-refractivity contribution >= 4 is 22.6 Å². The van der Waals surface area contributed by atoms with Gasteiger partial charge < -0.3 is 15.0 Å². The molecule has 7 nitrogen and oxygen atoms in total. The zero-order valence-corrected chi connectivity index (χ0v) is 22.9. The molecule has 1 amide bonds. The second-order valence-electron chi connectivity index (χ2n) is 10.8. The number of ether oxygens (including phenoxy) is 1. The van der Waals surface area contributed by atoms with E-state index in [2.05, 4.69) is 42.0 Å². The number of morpholine rings is 1. The van der Waals surface area contributed by atoms with Gasteiger partial charge in [-0.15, -0.1) is 0 Å². The molecule has 0 radical (unpaired) electrons. The Morgan fingerprint density at radius 2 is 1.79 bits per heavy atom. The van der Waals surface area contributed by atoms with E-state index in [0.29, 0.717) is 18.0 Å². The SMILES string of the molecule is CCc1cc(C(=O)NCc2cc3nc(-c4cccc(N5CC(C)OC(C)C5)n4)ccc3cn2)ccc1C1CC1. The largest absolute Gasteiger partial charge is 0.372 e. The van der Waals surface area contributed by atoms with Gasteiger partial charge in [0.2, 0.25) is 0 Å². The molecular weight excluding hydrogens is 486 g/mol. The molecule has 7 heteroatoms. The summed E-state index contributed by atoms with van der Waals surface area (Å²) in [6.07, 6.45) is 5.61. The number of anilines is 1. The molecule has 6 rings (SSSR count). The van der Waals surface area contributed by atoms with Crippen molar-refractivity contribution in [1.82, 2.24) is 20.3 Å². The van der Waals surface area contributed by atoms with Crippen LogP contribution in [0.3, 0.4) is 0 Å². The molecule has 4 heterocycles. The van der Waals surface area contributed by atoms with Crippen molar-refractivity contribution in [1.29, 1.82) is 0 Å². The van der Waals surface area contributed by atoms with Crippen LogP contribution in [0.5, 0.6) is 0 Å². The molecule has 2 atom stereocenters. The monoisotopic (exact) mass is 521 g/mol. The van der Waals surface area contributed by atoms with E-state index >= 15 is 0 Å². The van der Waals surface area contributed by atoms with Gasteiger partial charge in [-0.3, -0.25) is 9.78 Å². The highest BCUT2D eigenvalue weighted by atomic mass is 16.5. The van der Waals surface area contributed by atoms with E-state index in [1.165, 1.54) is 24.0 Å². The summed E-state index contributed by atoms with van der Waals surface area (Å²) >= 11 is 0. The number of hydrogen-bond acceptors (Lipinski definition) is 6. The van der Waals surface area contributed by atoms with Gasteiger partial charge in [-0.05, 0) is 92.6 Å². The number of hydrogen-bond donors (Lipinski definition) is 1. The second-order valence-corrected chi connectivity index (χ2v) is 10.8. The lowest BCUT2D eigenvalue weighted by Gasteiger charge is -2.36. The topological polar surface area (TPSA) is 80.2 Å². The van der Waals surface area contributed by atoms with Gasteiger partial charge in [0, 0.05) is 30.2 Å². The Labute approximate surface area is 229 Å². The summed E-state index contributed by atoms with van der Waals surface area (Å²) in [7, 11) is 0. The minimum atomic E-state index is -0.0802. The van der Waals surface area contributed by atoms with Crippen LogP contribution >= 0.6 is 0 Å². The molecule has 39 heavy (non-hydrogen) atoms. The number of fused-ring (bicyclic) bond motifs is 1. The van der Waals surface area contributed by atoms with Crippen LogP contribution in [0.15, 0.2) is 60.8 Å². The van der Waals surface area contributed by atoms with Crippen LogP contribution in [0.25, 0.3) is 22.3 Å². The summed E-state index contributed by atoms with van der Waals surface area (Å²) in [6.45, 7) is 8.32. The molecular formula is C32H35N5O2. The third-order valence-corrected chi connectivity index (χ3v) is 7.60. The van der Waals surface area contributed by atoms with E-state index in [1.807, 2.05) is 54.7 Å². The van der Waals surface area contributed by atoms with Crippen LogP contribution in [0, 0.1) is 0 Å². The zero-order chi connectivity index (χ0) is 26.9. The highest BCUT2D eigenvalue weighted by Gasteiger charge is 2.26. The average molecular weight is 522 g/mol. The lowest BCUT2D eigenvalue weighted by atomic mass is 9.98. The van der Waals surface area contributed by atoms with E-state index < -0.39 is 0 Å². The smallest absolute Gasteiger partial charge is 0.251 e. The molecule has 0 bridgehead atoms. The summed E-state index contributed by atoms with van der Waals surface area (Å²) in [5, 5.41) is 3.98. The van der Waals surface area contributed by atoms with Crippen molar-refractivity contribution in [3.05, 3.63) is 83.2 Å². The van der Waals surface area contributed by atoms with Gasteiger partial charge in [-0.25, -0.2) is 9.97 Å². The molecule has 2 aliphatic rings. The van der Waals surface area contributed by atoms with Crippen molar-refractivity contribution in [3.8, 4) is 11.4 Å². The third kappa shape index (κ3) is 5.64. The molecule has 1 aromatic carbocycles. The van der Waals surface area contributed by atoms with Crippen LogP contribution in [0.2, 0.25) is 0 Å². The molecule has 1 aliphatic carbocycles. The van der Waals surface area contributed by atoms with Crippen LogP contribution in [0.1, 0.15) is 66.7 Å². The van der Waals surface area contributed by atoms with Crippen molar-refractivity contribution in [2.75, 3.05) is 18.0 Å². The summed E-state index contributed by atoms with van der Waals surface area (Å²) in [6, 6.07) is 18.1. The van der Waals surface area contributed by atoms with Crippen molar-refractivity contribution in [2.45, 2.75) is 64.7 Å². The number of carbonyl (C=O) groups is 1. The van der Waals surface area contributed by atoms with Crippen LogP contribution < -0.4 is 10.2 Å². The second kappa shape index (κ2) is 10.7. The molecule has 4 aromatic rings. The fraction of sp³-hybridized carbons (Fsp3) is 0.375. The first-order valence-corrected chi connectivity index (χ1v) is 14.0. The van der Waals surface area contributed by atoms with Gasteiger partial charge in [0.15, 0.2) is 0 Å². The number of nitrogens with one attached hydrogen (secondary N) is 1. The average Bonchev–Trinajstić information content (AvgIpc) is 3.80. The van der Waals surface area contributed by atoms with Crippen molar-refractivity contribution < 1.29 is 9.53 Å². The van der Waals surface area contributed by atoms with Crippen LogP contribution in [-0.4, -0.2) is 46.2 Å². The molecule has 200 valence electrons. The van der Waals surface area contributed by atoms with Gasteiger partial charge in [-0.2, -0.15) is 0 Å². The predicted octanol–water partition coefficient (Wildman–Crippen LogP) is 5.68. The number of nitrogens with zero attached hydrogens (tertiary/aromatic N) is 4. The fourth-order valence-electron chi connectivity index (χ4n) is 5.52. The highest BCUT2D eigenvalue weighted by Crippen LogP contribution is 2.42. The van der Waals surface area contributed by atoms with Gasteiger partial charge in [0.1, 0.15) is 5.82 Å². The number of amides is 1. The maximum atomic E-state index is 12.9. The fourth-order valence-corrected chi connectivity index (χ4v) is 5.52. The normalized spacial score (nSPS) is 19.3. The summed E-state index contributed by atoms with van der Waals surface area (Å²) in [4.78, 5) is 29.6. The number of aromatic nitrogens is 3. The Morgan fingerprint density at radius 3 is 2.56 bits per heavy atom. The van der Waals surface area contributed by atoms with Gasteiger partial charge in [-0.1, -0.05) is 19.1 Å². The van der Waals surface area contributed by atoms with Gasteiger partial charge in [0.05, 0.1) is 41.4 Å². The summed E-state index contributed by atoms with van der Waals surface area (Å²) in [5.41, 5.74) is 6.62. The predicted molar refractivity (Wildman–Crippen MR) is 154 cm³/mol. The first kappa shape index (κ1) is 25.4. The Hall–Kier alpha value is -3.84. The van der Waals surface area contributed by atoms with Crippen molar-refractivity contribution in [3.63, 3.8) is 0 Å². The van der Waals surface area contributed by atoms with E-state index in [9.17, 15) is 4.79 Å². The number of aryl methyl sites for hydroxylation is 1. The zero-order valence-electron chi connectivity index (χ0n) is 22.9. The number of benzene rings is 1. The van der Waals surface area contributed by atoms with E-state index in [0.717, 1.165) is 53.3 Å². The highest BCUT2D eigenvalue weighted by molar-refractivity contribution is 5.94. The number of pyridine rings is 3. The lowest BCUT2D eigenvalue weighted by molar-refractivity contribution is -0.00545. The Morgan fingerprint density at radius 1 is 1.00 bits per heavy atom. The standard InChI is InChI=1S/C32H35N5O2/c1-4-22-14-24(10-12-27(22)23-8-9-23)32(38)34-17-26-15-30-25(16-33-26)11-13-29(35-30)28-6-5-7-31(36-28)37-18-20(2)39-21(3)19-37/h5-7,10-16,20-21,23H,4,8-9,17-19H2,1-3H3,(H,34,38). The molecule has 1 saturated carbocycles. The Bertz CT molecular complexity index is 1510. The Kier molecular flexibility index (Phi) is 7.00. The molecule has 0 spiro atoms. The third-order valence-electron chi connectivity index (χ3n) is 7.60. The first-order chi connectivity index (χ1) is 19.0. The van der Waals surface area contributed by atoms with Crippen LogP contribution in [-0.2, 0) is 17.7 Å². The van der Waals surface area contributed by atoms with Crippen molar-refractivity contribution in [2.24, 2.45) is 0 Å². The lowest BCUT2D eigenvalue weighted by Crippen LogP contribution is -2.45. The number of carbonyl (C=O) groups excluding carboxylic acids is 1. The minimum Gasteiger partial charge on any atom is -0.372 e. The number of rotatable bonds is 7.